The van der Waals surface area contributed by atoms with Crippen molar-refractivity contribution >= 4 is 61.6 Å². The summed E-state index contributed by atoms with van der Waals surface area (Å²) in [6, 6.07) is 25.3. The van der Waals surface area contributed by atoms with Crippen LogP contribution in [0.3, 0.4) is 0 Å². The minimum atomic E-state index is -0.266. The fourth-order valence-electron chi connectivity index (χ4n) is 4.47. The van der Waals surface area contributed by atoms with Crippen LogP contribution in [0.25, 0.3) is 42.9 Å². The fourth-order valence-corrected chi connectivity index (χ4v) is 6.15. The number of allylic oxidation sites excluding steroid dienone is 1. The summed E-state index contributed by atoms with van der Waals surface area (Å²) >= 11 is 3.05. The lowest BCUT2D eigenvalue weighted by Crippen LogP contribution is -2.03. The maximum atomic E-state index is 13.3. The van der Waals surface area contributed by atoms with Crippen LogP contribution in [0.2, 0.25) is 0 Å². The number of nitrogens with zero attached hydrogens (tertiary/aromatic N) is 3. The maximum Gasteiger partial charge on any atom is 0.197 e. The summed E-state index contributed by atoms with van der Waals surface area (Å²) in [6.07, 6.45) is 1.62. The molecule has 1 aliphatic carbocycles. The number of hydrogen-bond donors (Lipinski definition) is 0. The van der Waals surface area contributed by atoms with Gasteiger partial charge in [-0.15, -0.1) is 11.3 Å². The summed E-state index contributed by atoms with van der Waals surface area (Å²) in [5.74, 6) is -0.00888. The second-order valence-corrected chi connectivity index (χ2v) is 10.1. The van der Waals surface area contributed by atoms with Crippen molar-refractivity contribution in [3.8, 4) is 15.6 Å². The van der Waals surface area contributed by atoms with Gasteiger partial charge in [0.05, 0.1) is 5.57 Å². The van der Waals surface area contributed by atoms with E-state index in [1.54, 1.807) is 17.4 Å². The Morgan fingerprint density at radius 2 is 1.46 bits per heavy atom. The molecule has 5 nitrogen and oxygen atoms in total. The highest BCUT2D eigenvalue weighted by Crippen LogP contribution is 2.36. The Morgan fingerprint density at radius 1 is 0.771 bits per heavy atom. The Kier molecular flexibility index (Phi) is 4.42. The van der Waals surface area contributed by atoms with E-state index in [0.29, 0.717) is 22.6 Å². The van der Waals surface area contributed by atoms with E-state index in [2.05, 4.69) is 0 Å². The van der Waals surface area contributed by atoms with Crippen LogP contribution < -0.4 is 0 Å². The molecule has 0 spiro atoms. The molecule has 0 fully saturated rings. The SMILES string of the molecule is O=C1C(=Cc2nc3sc(-c4ccccc4)nc3n2-c2cccs2)C(=O)c2cc3ccccc3cc21. The number of aromatic nitrogens is 3. The molecular formula is C28H15N3O2S2. The van der Waals surface area contributed by atoms with Crippen LogP contribution in [-0.2, 0) is 0 Å². The molecule has 166 valence electrons. The number of fused-ring (bicyclic) bond motifs is 3. The van der Waals surface area contributed by atoms with E-state index >= 15 is 0 Å². The molecule has 7 heteroatoms. The van der Waals surface area contributed by atoms with E-state index in [-0.39, 0.29) is 17.1 Å². The monoisotopic (exact) mass is 489 g/mol. The summed E-state index contributed by atoms with van der Waals surface area (Å²) in [5, 5.41) is 5.65. The van der Waals surface area contributed by atoms with Gasteiger partial charge in [0.2, 0.25) is 0 Å². The molecule has 0 radical (unpaired) electrons. The predicted octanol–water partition coefficient (Wildman–Crippen LogP) is 6.83. The molecule has 6 aromatic rings. The highest BCUT2D eigenvalue weighted by Gasteiger charge is 2.34. The summed E-state index contributed by atoms with van der Waals surface area (Å²) < 4.78 is 1.93. The van der Waals surface area contributed by atoms with Gasteiger partial charge < -0.3 is 0 Å². The molecule has 0 N–H and O–H groups in total. The Morgan fingerprint density at radius 3 is 2.11 bits per heavy atom. The van der Waals surface area contributed by atoms with Gasteiger partial charge in [-0.2, -0.15) is 0 Å². The van der Waals surface area contributed by atoms with Crippen molar-refractivity contribution in [1.29, 1.82) is 0 Å². The van der Waals surface area contributed by atoms with Gasteiger partial charge in [0.25, 0.3) is 0 Å². The molecule has 0 atom stereocenters. The van der Waals surface area contributed by atoms with E-state index < -0.39 is 0 Å². The number of thiophene rings is 1. The lowest BCUT2D eigenvalue weighted by molar-refractivity contribution is 0.0990. The zero-order valence-electron chi connectivity index (χ0n) is 18.1. The van der Waals surface area contributed by atoms with Crippen molar-refractivity contribution in [3.63, 3.8) is 0 Å². The Hall–Kier alpha value is -4.20. The average molecular weight is 490 g/mol. The van der Waals surface area contributed by atoms with Crippen LogP contribution in [-0.4, -0.2) is 26.1 Å². The summed E-state index contributed by atoms with van der Waals surface area (Å²) in [6.45, 7) is 0. The zero-order chi connectivity index (χ0) is 23.5. The van der Waals surface area contributed by atoms with Gasteiger partial charge in [-0.1, -0.05) is 65.9 Å². The second kappa shape index (κ2) is 7.66. The number of imidazole rings is 1. The lowest BCUT2D eigenvalue weighted by atomic mass is 10.0. The number of carbonyl (C=O) groups is 2. The molecule has 0 saturated carbocycles. The molecule has 3 aromatic carbocycles. The van der Waals surface area contributed by atoms with Crippen LogP contribution >= 0.6 is 22.7 Å². The van der Waals surface area contributed by atoms with Gasteiger partial charge in [-0.25, -0.2) is 9.97 Å². The minimum absolute atomic E-state index is 0.133. The first-order chi connectivity index (χ1) is 17.2. The molecule has 0 amide bonds. The smallest absolute Gasteiger partial charge is 0.197 e. The van der Waals surface area contributed by atoms with Crippen LogP contribution in [0, 0.1) is 0 Å². The van der Waals surface area contributed by atoms with Gasteiger partial charge in [-0.3, -0.25) is 14.2 Å². The maximum absolute atomic E-state index is 13.3. The number of rotatable bonds is 3. The average Bonchev–Trinajstić information content (AvgIpc) is 3.66. The largest absolute Gasteiger partial charge is 0.288 e. The lowest BCUT2D eigenvalue weighted by Gasteiger charge is -2.03. The zero-order valence-corrected chi connectivity index (χ0v) is 19.8. The van der Waals surface area contributed by atoms with Crippen molar-refractivity contribution in [2.45, 2.75) is 0 Å². The topological polar surface area (TPSA) is 64.8 Å². The van der Waals surface area contributed by atoms with Crippen molar-refractivity contribution in [3.05, 3.63) is 107 Å². The first-order valence-electron chi connectivity index (χ1n) is 11.0. The van der Waals surface area contributed by atoms with Crippen LogP contribution in [0.15, 0.2) is 89.8 Å². The van der Waals surface area contributed by atoms with Crippen molar-refractivity contribution < 1.29 is 9.59 Å². The molecule has 3 heterocycles. The first-order valence-corrected chi connectivity index (χ1v) is 12.7. The van der Waals surface area contributed by atoms with Gasteiger partial charge in [0.15, 0.2) is 22.0 Å². The molecular weight excluding hydrogens is 474 g/mol. The molecule has 0 aliphatic heterocycles. The van der Waals surface area contributed by atoms with E-state index in [9.17, 15) is 9.59 Å². The fraction of sp³-hybridized carbons (Fsp3) is 0. The van der Waals surface area contributed by atoms with Gasteiger partial charge in [-0.05, 0) is 46.5 Å². The third-order valence-corrected chi connectivity index (χ3v) is 7.98. The highest BCUT2D eigenvalue weighted by molar-refractivity contribution is 7.21. The number of carbonyl (C=O) groups excluding carboxylic acids is 2. The van der Waals surface area contributed by atoms with Crippen molar-refractivity contribution in [1.82, 2.24) is 14.5 Å². The number of thiazole rings is 1. The summed E-state index contributed by atoms with van der Waals surface area (Å²) in [5.41, 5.74) is 2.76. The number of benzene rings is 3. The standard InChI is InChI=1S/C28H15N3O2S2/c32-24-19-13-17-9-4-5-10-18(17)14-20(19)25(33)21(24)15-22-29-28-26(31(22)23-11-6-12-34-23)30-27(35-28)16-7-2-1-3-8-16/h1-15H. The molecule has 3 aromatic heterocycles. The Labute approximate surface area is 207 Å². The van der Waals surface area contributed by atoms with Gasteiger partial charge in [0, 0.05) is 16.7 Å². The molecule has 1 aliphatic rings. The third-order valence-electron chi connectivity index (χ3n) is 6.13. The Bertz CT molecular complexity index is 1770. The molecule has 0 bridgehead atoms. The second-order valence-electron chi connectivity index (χ2n) is 8.23. The third kappa shape index (κ3) is 3.13. The summed E-state index contributed by atoms with van der Waals surface area (Å²) in [4.78, 5) is 37.1. The number of Topliss-reactive ketones (excluding diaryl/α,β-unsaturated/α-hetero) is 2. The summed E-state index contributed by atoms with van der Waals surface area (Å²) in [7, 11) is 0. The van der Waals surface area contributed by atoms with Crippen molar-refractivity contribution in [2.75, 3.05) is 0 Å². The minimum Gasteiger partial charge on any atom is -0.288 e. The number of hydrogen-bond acceptors (Lipinski definition) is 6. The quantitative estimate of drug-likeness (QED) is 0.202. The molecule has 0 saturated heterocycles. The van der Waals surface area contributed by atoms with Crippen LogP contribution in [0.1, 0.15) is 26.5 Å². The van der Waals surface area contributed by atoms with E-state index in [1.807, 2.05) is 88.8 Å². The highest BCUT2D eigenvalue weighted by atomic mass is 32.1. The van der Waals surface area contributed by atoms with Crippen LogP contribution in [0.4, 0.5) is 0 Å². The van der Waals surface area contributed by atoms with Gasteiger partial charge >= 0.3 is 0 Å². The predicted molar refractivity (Wildman–Crippen MR) is 141 cm³/mol. The first kappa shape index (κ1) is 20.2. The van der Waals surface area contributed by atoms with E-state index in [1.165, 1.54) is 11.3 Å². The number of ketones is 2. The molecule has 35 heavy (non-hydrogen) atoms. The van der Waals surface area contributed by atoms with Crippen LogP contribution in [0.5, 0.6) is 0 Å². The van der Waals surface area contributed by atoms with Gasteiger partial charge in [0.1, 0.15) is 15.8 Å². The Balaban J connectivity index is 1.40. The van der Waals surface area contributed by atoms with E-state index in [0.717, 1.165) is 31.2 Å². The van der Waals surface area contributed by atoms with Crippen molar-refractivity contribution in [2.24, 2.45) is 0 Å². The van der Waals surface area contributed by atoms with E-state index in [4.69, 9.17) is 9.97 Å². The molecule has 7 rings (SSSR count). The normalized spacial score (nSPS) is 13.2. The molecule has 0 unspecified atom stereocenters.